The number of para-hydroxylation sites is 1. The lowest BCUT2D eigenvalue weighted by molar-refractivity contribution is -0.129. The van der Waals surface area contributed by atoms with Crippen molar-refractivity contribution in [3.8, 4) is 16.5 Å². The summed E-state index contributed by atoms with van der Waals surface area (Å²) in [7, 11) is 3.28. The molecule has 41 heavy (non-hydrogen) atoms. The van der Waals surface area contributed by atoms with Gasteiger partial charge in [-0.2, -0.15) is 0 Å². The van der Waals surface area contributed by atoms with Gasteiger partial charge in [0, 0.05) is 32.4 Å². The number of aromatic nitrogens is 3. The van der Waals surface area contributed by atoms with Crippen LogP contribution in [0, 0.1) is 6.92 Å². The Balaban J connectivity index is 1.56. The van der Waals surface area contributed by atoms with E-state index in [-0.39, 0.29) is 18.6 Å². The predicted molar refractivity (Wildman–Crippen MR) is 153 cm³/mol. The summed E-state index contributed by atoms with van der Waals surface area (Å²) in [5.41, 5.74) is 0.405. The van der Waals surface area contributed by atoms with Crippen molar-refractivity contribution in [1.82, 2.24) is 19.0 Å². The number of nitrogens with zero attached hydrogens (tertiary/aromatic N) is 4. The summed E-state index contributed by atoms with van der Waals surface area (Å²) in [5.74, 6) is 0.748. The standard InChI is InChI=1S/C29H32N4O7S/c1-17-23-27(35)33(20-8-12-31(2)26(20)34)29(36)32(28(23)41-24(17)25-30-11-15-39-25)16-22(40-18-9-13-38-14-10-18)19-6-4-5-7-21(19)37-3/h4-7,11,15,18,20,22H,8-10,12-14,16H2,1-3H3. The van der Waals surface area contributed by atoms with Crippen LogP contribution in [-0.2, 0) is 20.8 Å². The zero-order chi connectivity index (χ0) is 28.7. The van der Waals surface area contributed by atoms with Crippen LogP contribution >= 0.6 is 11.3 Å². The number of likely N-dealkylation sites (tertiary alicyclic amines) is 1. The molecule has 2 unspecified atom stereocenters. The molecular formula is C29H32N4O7S. The molecule has 6 rings (SSSR count). The van der Waals surface area contributed by atoms with Crippen molar-refractivity contribution in [2.24, 2.45) is 0 Å². The highest BCUT2D eigenvalue weighted by Crippen LogP contribution is 2.38. The average molecular weight is 581 g/mol. The number of methoxy groups -OCH3 is 1. The Labute approximate surface area is 239 Å². The molecule has 0 saturated carbocycles. The van der Waals surface area contributed by atoms with Crippen molar-refractivity contribution in [3.63, 3.8) is 0 Å². The van der Waals surface area contributed by atoms with E-state index in [4.69, 9.17) is 18.6 Å². The normalized spacial score (nSPS) is 18.9. The molecule has 0 radical (unpaired) electrons. The van der Waals surface area contributed by atoms with Gasteiger partial charge in [0.25, 0.3) is 5.56 Å². The second-order valence-electron chi connectivity index (χ2n) is 10.4. The first-order valence-electron chi connectivity index (χ1n) is 13.7. The molecule has 0 spiro atoms. The van der Waals surface area contributed by atoms with E-state index >= 15 is 0 Å². The minimum absolute atomic E-state index is 0.0752. The maximum Gasteiger partial charge on any atom is 0.332 e. The number of likely N-dealkylation sites (N-methyl/N-ethyl adjacent to an activating group) is 1. The van der Waals surface area contributed by atoms with Crippen molar-refractivity contribution >= 4 is 27.5 Å². The van der Waals surface area contributed by atoms with Gasteiger partial charge in [-0.05, 0) is 37.8 Å². The molecule has 216 valence electrons. The van der Waals surface area contributed by atoms with Crippen LogP contribution in [0.3, 0.4) is 0 Å². The largest absolute Gasteiger partial charge is 0.496 e. The first-order chi connectivity index (χ1) is 19.9. The molecule has 1 aromatic carbocycles. The Hall–Kier alpha value is -3.74. The van der Waals surface area contributed by atoms with Crippen LogP contribution in [0.5, 0.6) is 5.75 Å². The number of aryl methyl sites for hydroxylation is 1. The van der Waals surface area contributed by atoms with Crippen LogP contribution in [0.25, 0.3) is 21.0 Å². The second kappa shape index (κ2) is 11.3. The second-order valence-corrected chi connectivity index (χ2v) is 11.4. The van der Waals surface area contributed by atoms with E-state index in [0.717, 1.165) is 23.0 Å². The van der Waals surface area contributed by atoms with Crippen LogP contribution in [0.2, 0.25) is 0 Å². The van der Waals surface area contributed by atoms with E-state index in [1.807, 2.05) is 31.2 Å². The molecule has 2 saturated heterocycles. The summed E-state index contributed by atoms with van der Waals surface area (Å²) < 4.78 is 26.1. The van der Waals surface area contributed by atoms with Gasteiger partial charge in [0.15, 0.2) is 0 Å². The molecule has 1 amide bonds. The molecule has 0 aliphatic carbocycles. The molecule has 11 nitrogen and oxygen atoms in total. The lowest BCUT2D eigenvalue weighted by Gasteiger charge is -2.29. The zero-order valence-electron chi connectivity index (χ0n) is 23.2. The number of benzene rings is 1. The molecule has 4 aromatic rings. The number of carbonyl (C=O) groups is 1. The quantitative estimate of drug-likeness (QED) is 0.311. The number of amides is 1. The van der Waals surface area contributed by atoms with Crippen LogP contribution in [0.1, 0.15) is 42.5 Å². The molecule has 0 N–H and O–H groups in total. The number of fused-ring (bicyclic) bond motifs is 1. The molecule has 2 aliphatic heterocycles. The maximum atomic E-state index is 14.3. The van der Waals surface area contributed by atoms with Gasteiger partial charge >= 0.3 is 5.69 Å². The van der Waals surface area contributed by atoms with Gasteiger partial charge in [-0.1, -0.05) is 18.2 Å². The summed E-state index contributed by atoms with van der Waals surface area (Å²) >= 11 is 1.27. The maximum absolute atomic E-state index is 14.3. The van der Waals surface area contributed by atoms with E-state index < -0.39 is 23.4 Å². The number of ether oxygens (including phenoxy) is 3. The predicted octanol–water partition coefficient (Wildman–Crippen LogP) is 3.54. The monoisotopic (exact) mass is 580 g/mol. The van der Waals surface area contributed by atoms with Gasteiger partial charge < -0.3 is 23.5 Å². The molecule has 5 heterocycles. The van der Waals surface area contributed by atoms with E-state index in [9.17, 15) is 14.4 Å². The van der Waals surface area contributed by atoms with E-state index in [2.05, 4.69) is 4.98 Å². The minimum Gasteiger partial charge on any atom is -0.496 e. The highest BCUT2D eigenvalue weighted by Gasteiger charge is 2.36. The van der Waals surface area contributed by atoms with Crippen molar-refractivity contribution < 1.29 is 23.4 Å². The summed E-state index contributed by atoms with van der Waals surface area (Å²) in [6.07, 6.45) is 4.19. The third kappa shape index (κ3) is 4.89. The number of thiophene rings is 1. The molecule has 2 aliphatic rings. The van der Waals surface area contributed by atoms with Gasteiger partial charge in [-0.3, -0.25) is 14.2 Å². The molecule has 2 atom stereocenters. The number of hydrogen-bond donors (Lipinski definition) is 0. The fraction of sp³-hybridized carbons (Fsp3) is 0.448. The summed E-state index contributed by atoms with van der Waals surface area (Å²) in [4.78, 5) is 48.3. The lowest BCUT2D eigenvalue weighted by atomic mass is 10.1. The van der Waals surface area contributed by atoms with Gasteiger partial charge in [-0.15, -0.1) is 11.3 Å². The van der Waals surface area contributed by atoms with E-state index in [1.165, 1.54) is 23.8 Å². The van der Waals surface area contributed by atoms with Crippen molar-refractivity contribution in [3.05, 3.63) is 68.7 Å². The van der Waals surface area contributed by atoms with Crippen LogP contribution < -0.4 is 16.0 Å². The van der Waals surface area contributed by atoms with Gasteiger partial charge in [-0.25, -0.2) is 14.3 Å². The summed E-state index contributed by atoms with van der Waals surface area (Å²) in [6, 6.07) is 6.69. The smallest absolute Gasteiger partial charge is 0.332 e. The van der Waals surface area contributed by atoms with Crippen LogP contribution in [0.15, 0.2) is 50.7 Å². The zero-order valence-corrected chi connectivity index (χ0v) is 24.0. The van der Waals surface area contributed by atoms with Gasteiger partial charge in [0.05, 0.1) is 36.2 Å². The molecule has 0 bridgehead atoms. The number of hydrogen-bond acceptors (Lipinski definition) is 9. The molecule has 2 fully saturated rings. The van der Waals surface area contributed by atoms with Crippen LogP contribution in [-0.4, -0.2) is 64.9 Å². The first kappa shape index (κ1) is 27.4. The molecule has 12 heteroatoms. The Kier molecular flexibility index (Phi) is 7.54. The Morgan fingerprint density at radius 2 is 1.93 bits per heavy atom. The van der Waals surface area contributed by atoms with E-state index in [1.54, 1.807) is 23.6 Å². The number of carbonyl (C=O) groups excluding carboxylic acids is 1. The third-order valence-electron chi connectivity index (χ3n) is 7.94. The SMILES string of the molecule is COc1ccccc1C(Cn1c(=O)n(C2CCN(C)C2=O)c(=O)c2c(C)c(-c3ncco3)sc21)OC1CCOCC1. The lowest BCUT2D eigenvalue weighted by Crippen LogP contribution is -2.45. The topological polar surface area (TPSA) is 118 Å². The van der Waals surface area contributed by atoms with Crippen LogP contribution in [0.4, 0.5) is 0 Å². The van der Waals surface area contributed by atoms with Gasteiger partial charge in [0.2, 0.25) is 11.8 Å². The van der Waals surface area contributed by atoms with Crippen molar-refractivity contribution in [1.29, 1.82) is 0 Å². The highest BCUT2D eigenvalue weighted by atomic mass is 32.1. The first-order valence-corrected chi connectivity index (χ1v) is 14.5. The number of rotatable bonds is 8. The summed E-state index contributed by atoms with van der Waals surface area (Å²) in [5, 5.41) is 0.370. The fourth-order valence-corrected chi connectivity index (χ4v) is 6.98. The van der Waals surface area contributed by atoms with Gasteiger partial charge in [0.1, 0.15) is 29.0 Å². The summed E-state index contributed by atoms with van der Waals surface area (Å²) in [6.45, 7) is 3.58. The molecular weight excluding hydrogens is 548 g/mol. The number of oxazole rings is 1. The highest BCUT2D eigenvalue weighted by molar-refractivity contribution is 7.22. The third-order valence-corrected chi connectivity index (χ3v) is 9.24. The Morgan fingerprint density at radius 1 is 1.15 bits per heavy atom. The fourth-order valence-electron chi connectivity index (χ4n) is 5.74. The average Bonchev–Trinajstić information content (AvgIpc) is 3.72. The Bertz CT molecular complexity index is 1680. The molecule has 3 aromatic heterocycles. The minimum atomic E-state index is -0.874. The Morgan fingerprint density at radius 3 is 2.61 bits per heavy atom. The van der Waals surface area contributed by atoms with E-state index in [0.29, 0.717) is 58.5 Å². The van der Waals surface area contributed by atoms with Crippen molar-refractivity contribution in [2.75, 3.05) is 33.9 Å². The van der Waals surface area contributed by atoms with Crippen molar-refractivity contribution in [2.45, 2.75) is 51.0 Å².